The van der Waals surface area contributed by atoms with Gasteiger partial charge < -0.3 is 64.1 Å². The average Bonchev–Trinajstić information content (AvgIpc) is 3.34. The van der Waals surface area contributed by atoms with Crippen LogP contribution in [0.25, 0.3) is 0 Å². The second-order valence-corrected chi connectivity index (χ2v) is 12.9. The third-order valence-corrected chi connectivity index (χ3v) is 8.33. The maximum absolute atomic E-state index is 10.5. The Morgan fingerprint density at radius 1 is 0.176 bits per heavy atom. The zero-order valence-electron chi connectivity index (χ0n) is 40.1. The molecule has 0 aliphatic rings. The Labute approximate surface area is 461 Å². The van der Waals surface area contributed by atoms with Crippen molar-refractivity contribution in [2.45, 2.75) is 0 Å². The zero-order chi connectivity index (χ0) is 54.8. The van der Waals surface area contributed by atoms with Crippen LogP contribution in [0.4, 0.5) is 0 Å². The van der Waals surface area contributed by atoms with E-state index < -0.39 is 71.6 Å². The molecule has 0 aliphatic heterocycles. The van der Waals surface area contributed by atoms with E-state index in [1.807, 2.05) is 0 Å². The van der Waals surface area contributed by atoms with Gasteiger partial charge in [0.05, 0.1) is 66.8 Å². The number of carbonyl (C=O) groups is 12. The first-order valence-electron chi connectivity index (χ1n) is 19.1. The summed E-state index contributed by atoms with van der Waals surface area (Å²) < 4.78 is 0. The van der Waals surface area contributed by atoms with Gasteiger partial charge in [-0.25, -0.2) is 57.5 Å². The van der Waals surface area contributed by atoms with Crippen LogP contribution in [0.15, 0.2) is 146 Å². The van der Waals surface area contributed by atoms with Crippen molar-refractivity contribution in [2.75, 3.05) is 0 Å². The van der Waals surface area contributed by atoms with Crippen LogP contribution in [-0.2, 0) is 0 Å². The molecule has 0 bridgehead atoms. The first kappa shape index (κ1) is 67.0. The molecule has 6 aromatic carbocycles. The Morgan fingerprint density at radius 2 is 0.230 bits per heavy atom. The van der Waals surface area contributed by atoms with E-state index in [4.69, 9.17) is 61.3 Å². The molecule has 0 atom stereocenters. The molecule has 12 N–H and O–H groups in total. The SMILES string of the molecule is O=C(O)c1ccccc1C(=O)O.O=C(O)c1ccccc1C(=O)O.O=C(O)c1ccccc1C(=O)O.O=C(O)c1ccccc1C(=O)O.O=C(O)c1ccccc1C(=O)O.O=C(O)c1ccccc1C(=O)O.[H-].[H-].[Na+].[Na+]. The Morgan fingerprint density at radius 3 is 0.270 bits per heavy atom. The minimum atomic E-state index is -1.23. The van der Waals surface area contributed by atoms with Crippen molar-refractivity contribution in [3.8, 4) is 0 Å². The van der Waals surface area contributed by atoms with Crippen LogP contribution >= 0.6 is 0 Å². The zero-order valence-corrected chi connectivity index (χ0v) is 42.1. The molecule has 376 valence electrons. The number of carboxylic acids is 12. The van der Waals surface area contributed by atoms with Gasteiger partial charge in [-0.2, -0.15) is 0 Å². The fourth-order valence-corrected chi connectivity index (χ4v) is 5.14. The molecule has 0 unspecified atom stereocenters. The molecule has 74 heavy (non-hydrogen) atoms. The van der Waals surface area contributed by atoms with Gasteiger partial charge in [-0.1, -0.05) is 72.8 Å². The van der Waals surface area contributed by atoms with Gasteiger partial charge in [-0.15, -0.1) is 0 Å². The summed E-state index contributed by atoms with van der Waals surface area (Å²) in [7, 11) is 0. The Bertz CT molecular complexity index is 2330. The maximum atomic E-state index is 10.5. The minimum absolute atomic E-state index is 0. The summed E-state index contributed by atoms with van der Waals surface area (Å²) in [4.78, 5) is 126. The molecular weight excluding hydrogens is 1010 g/mol. The van der Waals surface area contributed by atoms with E-state index in [-0.39, 0.29) is 129 Å². The summed E-state index contributed by atoms with van der Waals surface area (Å²) in [6, 6.07) is 32.9. The van der Waals surface area contributed by atoms with Crippen molar-refractivity contribution in [1.82, 2.24) is 0 Å². The van der Waals surface area contributed by atoms with Crippen molar-refractivity contribution in [2.24, 2.45) is 0 Å². The van der Waals surface area contributed by atoms with Crippen LogP contribution in [0.3, 0.4) is 0 Å². The summed E-state index contributed by atoms with van der Waals surface area (Å²) in [5.74, 6) is -14.7. The fourth-order valence-electron chi connectivity index (χ4n) is 5.14. The number of benzene rings is 6. The van der Waals surface area contributed by atoms with Crippen LogP contribution in [0.1, 0.15) is 127 Å². The van der Waals surface area contributed by atoms with E-state index in [9.17, 15) is 57.5 Å². The van der Waals surface area contributed by atoms with E-state index in [0.29, 0.717) is 0 Å². The van der Waals surface area contributed by atoms with Gasteiger partial charge in [-0.3, -0.25) is 0 Å². The van der Waals surface area contributed by atoms with Crippen molar-refractivity contribution in [3.63, 3.8) is 0 Å². The Balaban J connectivity index is -0.000000405. The Hall–Kier alpha value is -9.04. The second kappa shape index (κ2) is 33.5. The van der Waals surface area contributed by atoms with E-state index in [2.05, 4.69) is 0 Å². The van der Waals surface area contributed by atoms with Gasteiger partial charge in [0, 0.05) is 0 Å². The molecule has 0 fully saturated rings. The summed E-state index contributed by atoms with van der Waals surface area (Å²) in [6.45, 7) is 0. The summed E-state index contributed by atoms with van der Waals surface area (Å²) in [6.07, 6.45) is 0. The predicted molar refractivity (Wildman–Crippen MR) is 244 cm³/mol. The van der Waals surface area contributed by atoms with Crippen molar-refractivity contribution >= 4 is 71.6 Å². The fraction of sp³-hybridized carbons (Fsp3) is 0. The number of hydrogen-bond donors (Lipinski definition) is 12. The number of hydrogen-bond acceptors (Lipinski definition) is 12. The largest absolute Gasteiger partial charge is 1.00 e. The maximum Gasteiger partial charge on any atom is 1.00 e. The van der Waals surface area contributed by atoms with Crippen LogP contribution in [0, 0.1) is 0 Å². The van der Waals surface area contributed by atoms with Gasteiger partial charge in [0.15, 0.2) is 0 Å². The van der Waals surface area contributed by atoms with Gasteiger partial charge in [-0.05, 0) is 72.8 Å². The molecule has 0 saturated heterocycles. The molecule has 0 spiro atoms. The standard InChI is InChI=1S/6C8H6O4.2Na.2H/c6*9-7(10)5-3-1-2-4-6(5)8(11)12;;;;/h6*1-4H,(H,9,10)(H,11,12);;;;/q;;;;;;2*+1;2*-1. The third-order valence-electron chi connectivity index (χ3n) is 8.33. The van der Waals surface area contributed by atoms with Crippen LogP contribution in [0.5, 0.6) is 0 Å². The molecule has 0 heterocycles. The van der Waals surface area contributed by atoms with Crippen LogP contribution < -0.4 is 59.1 Å². The quantitative estimate of drug-likeness (QED) is 0.0752. The van der Waals surface area contributed by atoms with Gasteiger partial charge in [0.1, 0.15) is 0 Å². The molecule has 6 aromatic rings. The molecule has 0 radical (unpaired) electrons. The molecule has 0 aromatic heterocycles. The number of aromatic carboxylic acids is 12. The first-order chi connectivity index (χ1) is 33.8. The van der Waals surface area contributed by atoms with Crippen LogP contribution in [-0.4, -0.2) is 133 Å². The van der Waals surface area contributed by atoms with Gasteiger partial charge >= 0.3 is 131 Å². The van der Waals surface area contributed by atoms with Gasteiger partial charge in [0.25, 0.3) is 0 Å². The molecular formula is C48H38Na2O24. The summed E-state index contributed by atoms with van der Waals surface area (Å²) >= 11 is 0. The molecule has 0 amide bonds. The van der Waals surface area contributed by atoms with E-state index in [1.165, 1.54) is 146 Å². The van der Waals surface area contributed by atoms with Crippen LogP contribution in [0.2, 0.25) is 0 Å². The molecule has 26 heteroatoms. The normalized spacial score (nSPS) is 9.08. The van der Waals surface area contributed by atoms with E-state index >= 15 is 0 Å². The van der Waals surface area contributed by atoms with Crippen molar-refractivity contribution < 1.29 is 181 Å². The number of rotatable bonds is 12. The smallest absolute Gasteiger partial charge is 1.00 e. The number of carboxylic acid groups (broad SMARTS) is 12. The second-order valence-electron chi connectivity index (χ2n) is 12.9. The average molecular weight is 1040 g/mol. The first-order valence-corrected chi connectivity index (χ1v) is 19.1. The van der Waals surface area contributed by atoms with E-state index in [0.717, 1.165) is 0 Å². The third kappa shape index (κ3) is 21.9. The molecule has 0 aliphatic carbocycles. The minimum Gasteiger partial charge on any atom is -1.00 e. The molecule has 24 nitrogen and oxygen atoms in total. The monoisotopic (exact) mass is 1040 g/mol. The van der Waals surface area contributed by atoms with E-state index in [1.54, 1.807) is 0 Å². The van der Waals surface area contributed by atoms with Crippen molar-refractivity contribution in [1.29, 1.82) is 0 Å². The topological polar surface area (TPSA) is 448 Å². The summed E-state index contributed by atoms with van der Waals surface area (Å²) in [5, 5.41) is 103. The molecule has 6 rings (SSSR count). The van der Waals surface area contributed by atoms with Gasteiger partial charge in [0.2, 0.25) is 0 Å². The Kier molecular flexibility index (Phi) is 30.4. The van der Waals surface area contributed by atoms with Crippen molar-refractivity contribution in [3.05, 3.63) is 212 Å². The predicted octanol–water partition coefficient (Wildman–Crippen LogP) is 0.731. The summed E-state index contributed by atoms with van der Waals surface area (Å²) in [5.41, 5.74) is -2.28. The molecule has 0 saturated carbocycles.